The topological polar surface area (TPSA) is 12.0 Å². The molecule has 0 bridgehead atoms. The Bertz CT molecular complexity index is 328. The average molecular weight is 175 g/mol. The first kappa shape index (κ1) is 8.61. The summed E-state index contributed by atoms with van der Waals surface area (Å²) in [6, 6.07) is 4.54. The summed E-state index contributed by atoms with van der Waals surface area (Å²) in [5.74, 6) is 0.719. The van der Waals surface area contributed by atoms with Gasteiger partial charge in [0, 0.05) is 12.2 Å². The molecule has 0 aliphatic carbocycles. The molecule has 1 aromatic rings. The Labute approximate surface area is 80.2 Å². The number of nitrogens with one attached hydrogen (secondary N) is 1. The normalized spacial score (nSPS) is 20.7. The van der Waals surface area contributed by atoms with Crippen LogP contribution in [0.3, 0.4) is 0 Å². The van der Waals surface area contributed by atoms with Gasteiger partial charge in [-0.05, 0) is 48.9 Å². The molecule has 0 unspecified atom stereocenters. The lowest BCUT2D eigenvalue weighted by Gasteiger charge is -2.26. The lowest BCUT2D eigenvalue weighted by molar-refractivity contribution is 0.679. The van der Waals surface area contributed by atoms with Gasteiger partial charge in [0.05, 0.1) is 0 Å². The van der Waals surface area contributed by atoms with Crippen molar-refractivity contribution >= 4 is 5.69 Å². The maximum atomic E-state index is 3.47. The van der Waals surface area contributed by atoms with Crippen molar-refractivity contribution in [2.24, 2.45) is 0 Å². The van der Waals surface area contributed by atoms with E-state index in [1.165, 1.54) is 28.8 Å². The summed E-state index contributed by atoms with van der Waals surface area (Å²) in [7, 11) is 0. The predicted molar refractivity (Wildman–Crippen MR) is 57.4 cm³/mol. The average Bonchev–Trinajstić information content (AvgIpc) is 2.02. The molecule has 1 aliphatic heterocycles. The van der Waals surface area contributed by atoms with Crippen molar-refractivity contribution in [3.63, 3.8) is 0 Å². The molecule has 1 heterocycles. The summed E-state index contributed by atoms with van der Waals surface area (Å²) in [6.07, 6.45) is 1.26. The highest BCUT2D eigenvalue weighted by atomic mass is 14.9. The van der Waals surface area contributed by atoms with E-state index in [0.717, 1.165) is 12.5 Å². The molecule has 1 aromatic carbocycles. The van der Waals surface area contributed by atoms with Gasteiger partial charge < -0.3 is 5.32 Å². The fraction of sp³-hybridized carbons (Fsp3) is 0.500. The van der Waals surface area contributed by atoms with Crippen LogP contribution in [0.4, 0.5) is 5.69 Å². The second-order valence-corrected chi connectivity index (χ2v) is 4.16. The van der Waals surface area contributed by atoms with Crippen LogP contribution in [0.25, 0.3) is 0 Å². The standard InChI is InChI=1S/C12H17N/c1-8-6-10(3)12-9(2)4-5-13-11(12)7-8/h6-7,9,13H,4-5H2,1-3H3/t9-/m1/s1. The molecule has 1 aliphatic rings. The van der Waals surface area contributed by atoms with Crippen LogP contribution >= 0.6 is 0 Å². The number of hydrogen-bond donors (Lipinski definition) is 1. The lowest BCUT2D eigenvalue weighted by Crippen LogP contribution is -2.16. The molecule has 70 valence electrons. The maximum Gasteiger partial charge on any atom is 0.0380 e. The van der Waals surface area contributed by atoms with Crippen LogP contribution in [0.15, 0.2) is 12.1 Å². The smallest absolute Gasteiger partial charge is 0.0380 e. The quantitative estimate of drug-likeness (QED) is 0.638. The molecular formula is C12H17N. The number of hydrogen-bond acceptors (Lipinski definition) is 1. The predicted octanol–water partition coefficient (Wildman–Crippen LogP) is 3.22. The van der Waals surface area contributed by atoms with Crippen molar-refractivity contribution in [1.29, 1.82) is 0 Å². The SMILES string of the molecule is Cc1cc(C)c2c(c1)NCC[C@H]2C. The second-order valence-electron chi connectivity index (χ2n) is 4.16. The van der Waals surface area contributed by atoms with Crippen molar-refractivity contribution in [3.8, 4) is 0 Å². The van der Waals surface area contributed by atoms with Crippen LogP contribution in [0, 0.1) is 13.8 Å². The molecule has 0 saturated carbocycles. The summed E-state index contributed by atoms with van der Waals surface area (Å²) >= 11 is 0. The van der Waals surface area contributed by atoms with Gasteiger partial charge in [0.1, 0.15) is 0 Å². The zero-order valence-electron chi connectivity index (χ0n) is 8.65. The third kappa shape index (κ3) is 1.43. The van der Waals surface area contributed by atoms with Gasteiger partial charge in [-0.3, -0.25) is 0 Å². The Hall–Kier alpha value is -0.980. The highest BCUT2D eigenvalue weighted by molar-refractivity contribution is 5.59. The fourth-order valence-corrected chi connectivity index (χ4v) is 2.35. The van der Waals surface area contributed by atoms with E-state index in [0.29, 0.717) is 0 Å². The van der Waals surface area contributed by atoms with Gasteiger partial charge in [-0.25, -0.2) is 0 Å². The van der Waals surface area contributed by atoms with Gasteiger partial charge in [-0.15, -0.1) is 0 Å². The zero-order chi connectivity index (χ0) is 9.42. The fourth-order valence-electron chi connectivity index (χ4n) is 2.35. The summed E-state index contributed by atoms with van der Waals surface area (Å²) in [6.45, 7) is 7.82. The van der Waals surface area contributed by atoms with Gasteiger partial charge in [-0.1, -0.05) is 13.0 Å². The molecule has 0 radical (unpaired) electrons. The second kappa shape index (κ2) is 3.06. The number of anilines is 1. The van der Waals surface area contributed by atoms with Gasteiger partial charge in [0.2, 0.25) is 0 Å². The minimum Gasteiger partial charge on any atom is -0.385 e. The van der Waals surface area contributed by atoms with E-state index in [4.69, 9.17) is 0 Å². The molecule has 0 amide bonds. The monoisotopic (exact) mass is 175 g/mol. The summed E-state index contributed by atoms with van der Waals surface area (Å²) in [4.78, 5) is 0. The zero-order valence-corrected chi connectivity index (χ0v) is 8.65. The molecule has 1 atom stereocenters. The molecule has 0 aromatic heterocycles. The van der Waals surface area contributed by atoms with E-state index in [1.807, 2.05) is 0 Å². The van der Waals surface area contributed by atoms with Crippen molar-refractivity contribution in [1.82, 2.24) is 0 Å². The molecule has 0 spiro atoms. The molecular weight excluding hydrogens is 158 g/mol. The van der Waals surface area contributed by atoms with Crippen LogP contribution in [0.5, 0.6) is 0 Å². The molecule has 2 rings (SSSR count). The van der Waals surface area contributed by atoms with E-state index < -0.39 is 0 Å². The third-order valence-corrected chi connectivity index (χ3v) is 2.92. The summed E-state index contributed by atoms with van der Waals surface area (Å²) in [5.41, 5.74) is 5.68. The molecule has 0 saturated heterocycles. The van der Waals surface area contributed by atoms with Gasteiger partial charge in [-0.2, -0.15) is 0 Å². The largest absolute Gasteiger partial charge is 0.385 e. The number of rotatable bonds is 0. The molecule has 1 heteroatoms. The first-order chi connectivity index (χ1) is 6.18. The van der Waals surface area contributed by atoms with Crippen LogP contribution in [0.1, 0.15) is 36.0 Å². The number of aryl methyl sites for hydroxylation is 2. The first-order valence-corrected chi connectivity index (χ1v) is 5.03. The minimum absolute atomic E-state index is 0.719. The number of benzene rings is 1. The first-order valence-electron chi connectivity index (χ1n) is 5.03. The summed E-state index contributed by atoms with van der Waals surface area (Å²) in [5, 5.41) is 3.47. The molecule has 1 nitrogen and oxygen atoms in total. The summed E-state index contributed by atoms with van der Waals surface area (Å²) < 4.78 is 0. The van der Waals surface area contributed by atoms with Crippen molar-refractivity contribution in [3.05, 3.63) is 28.8 Å². The Morgan fingerprint density at radius 1 is 1.31 bits per heavy atom. The number of fused-ring (bicyclic) bond motifs is 1. The highest BCUT2D eigenvalue weighted by Crippen LogP contribution is 2.34. The van der Waals surface area contributed by atoms with Gasteiger partial charge in [0.25, 0.3) is 0 Å². The van der Waals surface area contributed by atoms with Crippen LogP contribution in [0.2, 0.25) is 0 Å². The van der Waals surface area contributed by atoms with Crippen LogP contribution < -0.4 is 5.32 Å². The van der Waals surface area contributed by atoms with Crippen molar-refractivity contribution in [2.75, 3.05) is 11.9 Å². The lowest BCUT2D eigenvalue weighted by atomic mass is 9.88. The van der Waals surface area contributed by atoms with Gasteiger partial charge in [0.15, 0.2) is 0 Å². The minimum atomic E-state index is 0.719. The Kier molecular flexibility index (Phi) is 2.03. The Balaban J connectivity index is 2.56. The van der Waals surface area contributed by atoms with E-state index in [9.17, 15) is 0 Å². The van der Waals surface area contributed by atoms with E-state index in [1.54, 1.807) is 0 Å². The molecule has 1 N–H and O–H groups in total. The highest BCUT2D eigenvalue weighted by Gasteiger charge is 2.17. The maximum absolute atomic E-state index is 3.47. The van der Waals surface area contributed by atoms with E-state index in [2.05, 4.69) is 38.2 Å². The molecule has 13 heavy (non-hydrogen) atoms. The third-order valence-electron chi connectivity index (χ3n) is 2.92. The molecule has 0 fully saturated rings. The van der Waals surface area contributed by atoms with E-state index in [-0.39, 0.29) is 0 Å². The van der Waals surface area contributed by atoms with Gasteiger partial charge >= 0.3 is 0 Å². The van der Waals surface area contributed by atoms with Crippen LogP contribution in [-0.2, 0) is 0 Å². The Morgan fingerprint density at radius 2 is 2.08 bits per heavy atom. The van der Waals surface area contributed by atoms with Crippen molar-refractivity contribution in [2.45, 2.75) is 33.1 Å². The Morgan fingerprint density at radius 3 is 2.85 bits per heavy atom. The van der Waals surface area contributed by atoms with Crippen molar-refractivity contribution < 1.29 is 0 Å². The van der Waals surface area contributed by atoms with Crippen LogP contribution in [-0.4, -0.2) is 6.54 Å². The van der Waals surface area contributed by atoms with E-state index >= 15 is 0 Å².